The summed E-state index contributed by atoms with van der Waals surface area (Å²) in [7, 11) is 1.57. The summed E-state index contributed by atoms with van der Waals surface area (Å²) in [6.45, 7) is 0.702. The molecule has 27 heavy (non-hydrogen) atoms. The van der Waals surface area contributed by atoms with Crippen LogP contribution in [-0.2, 0) is 4.79 Å². The summed E-state index contributed by atoms with van der Waals surface area (Å²) in [6, 6.07) is 15.8. The lowest BCUT2D eigenvalue weighted by Crippen LogP contribution is -2.34. The third-order valence-electron chi connectivity index (χ3n) is 3.99. The Morgan fingerprint density at radius 2 is 1.48 bits per heavy atom. The normalized spacial score (nSPS) is 10.1. The van der Waals surface area contributed by atoms with E-state index in [0.29, 0.717) is 42.8 Å². The van der Waals surface area contributed by atoms with Gasteiger partial charge in [-0.25, -0.2) is 0 Å². The van der Waals surface area contributed by atoms with Crippen molar-refractivity contribution < 1.29 is 19.1 Å². The highest BCUT2D eigenvalue weighted by Gasteiger charge is 2.08. The predicted octanol–water partition coefficient (Wildman–Crippen LogP) is 2.59. The standard InChI is InChI=1S/C21H24N2O4/c1-27-18-12-10-16(11-13-18)19(24)8-5-9-20(25)22-14-15-23-21(26)17-6-3-2-4-7-17/h2-4,6-7,10-13H,5,8-9,14-15H2,1H3,(H,22,25)(H,23,26). The lowest BCUT2D eigenvalue weighted by atomic mass is 10.1. The molecule has 142 valence electrons. The summed E-state index contributed by atoms with van der Waals surface area (Å²) in [5.74, 6) is 0.396. The minimum absolute atomic E-state index is 0.000535. The molecule has 0 bridgehead atoms. The molecule has 2 aromatic rings. The first-order chi connectivity index (χ1) is 13.1. The van der Waals surface area contributed by atoms with Crippen LogP contribution in [0.4, 0.5) is 0 Å². The number of rotatable bonds is 10. The number of Topliss-reactive ketones (excluding diaryl/α,β-unsaturated/α-hetero) is 1. The van der Waals surface area contributed by atoms with Crippen molar-refractivity contribution in [3.05, 3.63) is 65.7 Å². The van der Waals surface area contributed by atoms with Gasteiger partial charge in [0.2, 0.25) is 5.91 Å². The van der Waals surface area contributed by atoms with E-state index in [0.717, 1.165) is 0 Å². The van der Waals surface area contributed by atoms with Gasteiger partial charge in [0, 0.05) is 37.1 Å². The van der Waals surface area contributed by atoms with Crippen LogP contribution < -0.4 is 15.4 Å². The van der Waals surface area contributed by atoms with Crippen LogP contribution in [0.5, 0.6) is 5.75 Å². The van der Waals surface area contributed by atoms with Crippen LogP contribution in [-0.4, -0.2) is 37.8 Å². The van der Waals surface area contributed by atoms with Gasteiger partial charge in [-0.3, -0.25) is 14.4 Å². The number of carbonyl (C=O) groups excluding carboxylic acids is 3. The van der Waals surface area contributed by atoms with Gasteiger partial charge in [-0.1, -0.05) is 18.2 Å². The van der Waals surface area contributed by atoms with Crippen LogP contribution in [0.1, 0.15) is 40.0 Å². The molecule has 0 aliphatic heterocycles. The Morgan fingerprint density at radius 3 is 2.15 bits per heavy atom. The first-order valence-corrected chi connectivity index (χ1v) is 8.87. The zero-order chi connectivity index (χ0) is 19.5. The van der Waals surface area contributed by atoms with Gasteiger partial charge in [-0.05, 0) is 42.8 Å². The zero-order valence-corrected chi connectivity index (χ0v) is 15.4. The van der Waals surface area contributed by atoms with Crippen LogP contribution in [0, 0.1) is 0 Å². The number of carbonyl (C=O) groups is 3. The number of ketones is 1. The second kappa shape index (κ2) is 10.8. The number of hydrogen-bond donors (Lipinski definition) is 2. The molecule has 2 rings (SSSR count). The average molecular weight is 368 g/mol. The van der Waals surface area contributed by atoms with E-state index in [1.165, 1.54) is 0 Å². The lowest BCUT2D eigenvalue weighted by Gasteiger charge is -2.07. The molecule has 0 radical (unpaired) electrons. The highest BCUT2D eigenvalue weighted by molar-refractivity contribution is 5.96. The molecular formula is C21H24N2O4. The summed E-state index contributed by atoms with van der Waals surface area (Å²) in [5, 5.41) is 5.48. The molecule has 0 saturated heterocycles. The van der Waals surface area contributed by atoms with Gasteiger partial charge >= 0.3 is 0 Å². The monoisotopic (exact) mass is 368 g/mol. The van der Waals surface area contributed by atoms with Crippen molar-refractivity contribution in [1.82, 2.24) is 10.6 Å². The second-order valence-corrected chi connectivity index (χ2v) is 5.98. The molecule has 0 fully saturated rings. The number of benzene rings is 2. The number of nitrogens with one attached hydrogen (secondary N) is 2. The summed E-state index contributed by atoms with van der Waals surface area (Å²) < 4.78 is 5.06. The van der Waals surface area contributed by atoms with E-state index in [1.54, 1.807) is 55.6 Å². The van der Waals surface area contributed by atoms with E-state index in [4.69, 9.17) is 4.74 Å². The predicted molar refractivity (Wildman–Crippen MR) is 103 cm³/mol. The Labute approximate surface area is 158 Å². The molecule has 2 N–H and O–H groups in total. The Balaban J connectivity index is 1.59. The number of hydrogen-bond acceptors (Lipinski definition) is 4. The summed E-state index contributed by atoms with van der Waals surface area (Å²) >= 11 is 0. The summed E-state index contributed by atoms with van der Waals surface area (Å²) in [6.07, 6.45) is 1.06. The number of ether oxygens (including phenoxy) is 1. The smallest absolute Gasteiger partial charge is 0.251 e. The first-order valence-electron chi connectivity index (χ1n) is 8.87. The fraction of sp³-hybridized carbons (Fsp3) is 0.286. The first kappa shape index (κ1) is 20.2. The molecule has 0 saturated carbocycles. The highest BCUT2D eigenvalue weighted by atomic mass is 16.5. The van der Waals surface area contributed by atoms with E-state index in [2.05, 4.69) is 10.6 Å². The number of methoxy groups -OCH3 is 1. The third kappa shape index (κ3) is 6.93. The molecule has 0 unspecified atom stereocenters. The molecule has 2 aromatic carbocycles. The Bertz CT molecular complexity index is 758. The lowest BCUT2D eigenvalue weighted by molar-refractivity contribution is -0.121. The topological polar surface area (TPSA) is 84.5 Å². The molecule has 0 atom stereocenters. The van der Waals surface area contributed by atoms with Crippen molar-refractivity contribution in [3.8, 4) is 5.75 Å². The van der Waals surface area contributed by atoms with Crippen molar-refractivity contribution in [2.75, 3.05) is 20.2 Å². The van der Waals surface area contributed by atoms with Gasteiger partial charge in [-0.2, -0.15) is 0 Å². The summed E-state index contributed by atoms with van der Waals surface area (Å²) in [5.41, 5.74) is 1.20. The molecule has 0 aliphatic rings. The van der Waals surface area contributed by atoms with E-state index in [9.17, 15) is 14.4 Å². The quantitative estimate of drug-likeness (QED) is 0.499. The minimum atomic E-state index is -0.171. The average Bonchev–Trinajstić information content (AvgIpc) is 2.71. The highest BCUT2D eigenvalue weighted by Crippen LogP contribution is 2.13. The maximum Gasteiger partial charge on any atom is 0.251 e. The zero-order valence-electron chi connectivity index (χ0n) is 15.4. The van der Waals surface area contributed by atoms with Crippen molar-refractivity contribution in [3.63, 3.8) is 0 Å². The molecule has 0 aliphatic carbocycles. The van der Waals surface area contributed by atoms with Gasteiger partial charge in [0.05, 0.1) is 7.11 Å². The minimum Gasteiger partial charge on any atom is -0.497 e. The second-order valence-electron chi connectivity index (χ2n) is 5.98. The third-order valence-corrected chi connectivity index (χ3v) is 3.99. The molecule has 0 spiro atoms. The van der Waals surface area contributed by atoms with E-state index >= 15 is 0 Å². The maximum atomic E-state index is 12.1. The number of amides is 2. The van der Waals surface area contributed by atoms with Gasteiger partial charge < -0.3 is 15.4 Å². The van der Waals surface area contributed by atoms with Gasteiger partial charge in [0.1, 0.15) is 5.75 Å². The Morgan fingerprint density at radius 1 is 0.815 bits per heavy atom. The van der Waals surface area contributed by atoms with Crippen molar-refractivity contribution in [2.45, 2.75) is 19.3 Å². The largest absolute Gasteiger partial charge is 0.497 e. The fourth-order valence-corrected chi connectivity index (χ4v) is 2.49. The molecule has 2 amide bonds. The van der Waals surface area contributed by atoms with Crippen molar-refractivity contribution in [2.24, 2.45) is 0 Å². The molecule has 0 heterocycles. The molecule has 6 heteroatoms. The molecule has 6 nitrogen and oxygen atoms in total. The van der Waals surface area contributed by atoms with Crippen LogP contribution >= 0.6 is 0 Å². The van der Waals surface area contributed by atoms with Gasteiger partial charge in [0.25, 0.3) is 5.91 Å². The van der Waals surface area contributed by atoms with E-state index < -0.39 is 0 Å². The van der Waals surface area contributed by atoms with Crippen LogP contribution in [0.3, 0.4) is 0 Å². The Hall–Kier alpha value is -3.15. The van der Waals surface area contributed by atoms with Crippen LogP contribution in [0.15, 0.2) is 54.6 Å². The molecular weight excluding hydrogens is 344 g/mol. The van der Waals surface area contributed by atoms with Gasteiger partial charge in [0.15, 0.2) is 5.78 Å². The van der Waals surface area contributed by atoms with Crippen molar-refractivity contribution in [1.29, 1.82) is 0 Å². The fourth-order valence-electron chi connectivity index (χ4n) is 2.49. The van der Waals surface area contributed by atoms with Crippen molar-refractivity contribution >= 4 is 17.6 Å². The maximum absolute atomic E-state index is 12.1. The van der Waals surface area contributed by atoms with Crippen LogP contribution in [0.2, 0.25) is 0 Å². The van der Waals surface area contributed by atoms with E-state index in [1.807, 2.05) is 6.07 Å². The van der Waals surface area contributed by atoms with Gasteiger partial charge in [-0.15, -0.1) is 0 Å². The van der Waals surface area contributed by atoms with Crippen LogP contribution in [0.25, 0.3) is 0 Å². The Kier molecular flexibility index (Phi) is 8.03. The summed E-state index contributed by atoms with van der Waals surface area (Å²) in [4.78, 5) is 35.7. The molecule has 0 aromatic heterocycles. The van der Waals surface area contributed by atoms with E-state index in [-0.39, 0.29) is 24.0 Å². The SMILES string of the molecule is COc1ccc(C(=O)CCCC(=O)NCCNC(=O)c2ccccc2)cc1.